The van der Waals surface area contributed by atoms with Crippen molar-refractivity contribution in [2.45, 2.75) is 24.8 Å². The van der Waals surface area contributed by atoms with E-state index < -0.39 is 31.5 Å². The molecule has 76 valence electrons. The summed E-state index contributed by atoms with van der Waals surface area (Å²) in [6, 6.07) is -2.25. The second-order valence-electron chi connectivity index (χ2n) is 2.03. The molecule has 0 saturated carbocycles. The lowest BCUT2D eigenvalue weighted by Crippen LogP contribution is -2.44. The first-order valence-electron chi connectivity index (χ1n) is 2.88. The second kappa shape index (κ2) is 6.42. The Hall–Kier alpha value is -0.100. The molecule has 12 heavy (non-hydrogen) atoms. The summed E-state index contributed by atoms with van der Waals surface area (Å²) in [7, 11) is 0. The van der Waals surface area contributed by atoms with Crippen molar-refractivity contribution in [3.8, 4) is 0 Å². The first kappa shape index (κ1) is 14.4. The third kappa shape index (κ3) is 4.06. The maximum absolute atomic E-state index is 12.2. The average molecular weight is 214 g/mol. The molecule has 0 aliphatic carbocycles. The van der Waals surface area contributed by atoms with Crippen molar-refractivity contribution >= 4 is 12.4 Å². The van der Waals surface area contributed by atoms with Gasteiger partial charge in [0.05, 0.1) is 0 Å². The molecule has 0 saturated heterocycles. The maximum Gasteiger partial charge on any atom is 0.256 e. The third-order valence-electron chi connectivity index (χ3n) is 1.15. The van der Waals surface area contributed by atoms with Crippen molar-refractivity contribution < 1.29 is 22.0 Å². The van der Waals surface area contributed by atoms with Gasteiger partial charge in [0, 0.05) is 0 Å². The van der Waals surface area contributed by atoms with Crippen molar-refractivity contribution in [1.82, 2.24) is 0 Å². The van der Waals surface area contributed by atoms with Gasteiger partial charge in [0.25, 0.3) is 6.43 Å². The van der Waals surface area contributed by atoms with Crippen molar-refractivity contribution in [2.24, 2.45) is 5.73 Å². The Kier molecular flexibility index (Phi) is 7.72. The highest BCUT2D eigenvalue weighted by molar-refractivity contribution is 5.85. The molecule has 0 aromatic carbocycles. The van der Waals surface area contributed by atoms with Gasteiger partial charge in [-0.05, 0) is 0 Å². The Morgan fingerprint density at radius 3 is 1.75 bits per heavy atom. The number of rotatable bonds is 4. The average Bonchev–Trinajstić information content (AvgIpc) is 2.00. The van der Waals surface area contributed by atoms with Crippen LogP contribution in [0.4, 0.5) is 22.0 Å². The van der Waals surface area contributed by atoms with Gasteiger partial charge in [-0.15, -0.1) is 12.4 Å². The number of alkyl halides is 5. The lowest BCUT2D eigenvalue weighted by Gasteiger charge is -2.16. The minimum absolute atomic E-state index is 0. The summed E-state index contributed by atoms with van der Waals surface area (Å²) in [5.74, 6) is 0. The quantitative estimate of drug-likeness (QED) is 0.706. The molecule has 0 bridgehead atoms. The van der Waals surface area contributed by atoms with Crippen LogP contribution in [0.1, 0.15) is 0 Å². The molecule has 0 rings (SSSR count). The van der Waals surface area contributed by atoms with E-state index in [0.29, 0.717) is 0 Å². The van der Waals surface area contributed by atoms with Crippen LogP contribution in [-0.2, 0) is 0 Å². The van der Waals surface area contributed by atoms with Gasteiger partial charge in [0.15, 0.2) is 12.3 Å². The number of halogens is 6. The van der Waals surface area contributed by atoms with Crippen LogP contribution in [0.15, 0.2) is 0 Å². The zero-order valence-corrected chi connectivity index (χ0v) is 6.71. The fourth-order valence-electron chi connectivity index (χ4n) is 0.465. The maximum atomic E-state index is 12.2. The predicted octanol–water partition coefficient (Wildman–Crippen LogP) is 1.65. The molecular weight excluding hydrogens is 205 g/mol. The molecule has 2 N–H and O–H groups in total. The van der Waals surface area contributed by atoms with Crippen LogP contribution in [0.25, 0.3) is 0 Å². The Morgan fingerprint density at radius 1 is 1.08 bits per heavy atom. The highest BCUT2D eigenvalue weighted by Gasteiger charge is 2.32. The molecule has 0 aliphatic heterocycles. The summed E-state index contributed by atoms with van der Waals surface area (Å²) in [6.45, 7) is -1.64. The summed E-state index contributed by atoms with van der Waals surface area (Å²) < 4.78 is 58.6. The zero-order chi connectivity index (χ0) is 9.02. The minimum Gasteiger partial charge on any atom is -0.320 e. The highest BCUT2D eigenvalue weighted by Crippen LogP contribution is 2.13. The molecule has 3 unspecified atom stereocenters. The van der Waals surface area contributed by atoms with Gasteiger partial charge < -0.3 is 5.73 Å². The first-order chi connectivity index (χ1) is 5.00. The summed E-state index contributed by atoms with van der Waals surface area (Å²) >= 11 is 0. The van der Waals surface area contributed by atoms with Gasteiger partial charge in [-0.2, -0.15) is 0 Å². The second-order valence-corrected chi connectivity index (χ2v) is 2.03. The molecule has 0 radical (unpaired) electrons. The molecule has 0 aliphatic rings. The summed E-state index contributed by atoms with van der Waals surface area (Å²) in [6.07, 6.45) is -8.37. The third-order valence-corrected chi connectivity index (χ3v) is 1.15. The van der Waals surface area contributed by atoms with Crippen LogP contribution in [0.2, 0.25) is 0 Å². The number of hydrogen-bond acceptors (Lipinski definition) is 1. The molecule has 7 heteroatoms. The van der Waals surface area contributed by atoms with Crippen molar-refractivity contribution in [2.75, 3.05) is 6.67 Å². The van der Waals surface area contributed by atoms with Gasteiger partial charge in [0.2, 0.25) is 0 Å². The van der Waals surface area contributed by atoms with E-state index in [1.807, 2.05) is 0 Å². The normalized spacial score (nSPS) is 18.2. The molecule has 3 atom stereocenters. The standard InChI is InChI=1S/C5H8F5N.ClH/c6-1-2(7)3(8)4(11)5(9)10;/h2-5H,1,11H2;1H. The Bertz CT molecular complexity index is 114. The van der Waals surface area contributed by atoms with Crippen molar-refractivity contribution in [3.05, 3.63) is 0 Å². The van der Waals surface area contributed by atoms with Gasteiger partial charge in [-0.3, -0.25) is 0 Å². The van der Waals surface area contributed by atoms with E-state index in [4.69, 9.17) is 0 Å². The molecular formula is C5H9ClF5N. The Morgan fingerprint density at radius 2 is 1.50 bits per heavy atom. The van der Waals surface area contributed by atoms with E-state index in [1.165, 1.54) is 0 Å². The number of hydrogen-bond donors (Lipinski definition) is 1. The molecule has 0 aromatic heterocycles. The predicted molar refractivity (Wildman–Crippen MR) is 37.0 cm³/mol. The Labute approximate surface area is 72.5 Å². The first-order valence-corrected chi connectivity index (χ1v) is 2.88. The minimum atomic E-state index is -3.17. The smallest absolute Gasteiger partial charge is 0.256 e. The molecule has 0 amide bonds. The van der Waals surface area contributed by atoms with Gasteiger partial charge in [-0.1, -0.05) is 0 Å². The van der Waals surface area contributed by atoms with Crippen LogP contribution in [0.5, 0.6) is 0 Å². The van der Waals surface area contributed by atoms with E-state index in [2.05, 4.69) is 5.73 Å². The molecule has 0 spiro atoms. The molecule has 1 nitrogen and oxygen atoms in total. The lowest BCUT2D eigenvalue weighted by atomic mass is 10.1. The summed E-state index contributed by atoms with van der Waals surface area (Å²) in [4.78, 5) is 0. The molecule has 0 heterocycles. The van der Waals surface area contributed by atoms with Gasteiger partial charge in [-0.25, -0.2) is 22.0 Å². The Balaban J connectivity index is 0. The van der Waals surface area contributed by atoms with E-state index in [1.54, 1.807) is 0 Å². The fourth-order valence-corrected chi connectivity index (χ4v) is 0.465. The van der Waals surface area contributed by atoms with Crippen LogP contribution in [-0.4, -0.2) is 31.5 Å². The van der Waals surface area contributed by atoms with Crippen molar-refractivity contribution in [1.29, 1.82) is 0 Å². The molecule has 0 fully saturated rings. The molecule has 0 aromatic rings. The van der Waals surface area contributed by atoms with E-state index in [-0.39, 0.29) is 12.4 Å². The van der Waals surface area contributed by atoms with Crippen LogP contribution < -0.4 is 5.73 Å². The highest BCUT2D eigenvalue weighted by atomic mass is 35.5. The van der Waals surface area contributed by atoms with Crippen LogP contribution in [0.3, 0.4) is 0 Å². The zero-order valence-electron chi connectivity index (χ0n) is 5.89. The van der Waals surface area contributed by atoms with E-state index in [9.17, 15) is 22.0 Å². The topological polar surface area (TPSA) is 26.0 Å². The fraction of sp³-hybridized carbons (Fsp3) is 1.00. The SMILES string of the molecule is Cl.NC(C(F)F)C(F)C(F)CF. The van der Waals surface area contributed by atoms with Crippen molar-refractivity contribution in [3.63, 3.8) is 0 Å². The summed E-state index contributed by atoms with van der Waals surface area (Å²) in [5.41, 5.74) is 4.50. The van der Waals surface area contributed by atoms with E-state index >= 15 is 0 Å². The number of nitrogens with two attached hydrogens (primary N) is 1. The summed E-state index contributed by atoms with van der Waals surface area (Å²) in [5, 5.41) is 0. The van der Waals surface area contributed by atoms with Crippen LogP contribution >= 0.6 is 12.4 Å². The van der Waals surface area contributed by atoms with E-state index in [0.717, 1.165) is 0 Å². The van der Waals surface area contributed by atoms with Gasteiger partial charge in [0.1, 0.15) is 12.7 Å². The largest absolute Gasteiger partial charge is 0.320 e. The van der Waals surface area contributed by atoms with Crippen LogP contribution in [0, 0.1) is 0 Å². The monoisotopic (exact) mass is 213 g/mol. The lowest BCUT2D eigenvalue weighted by molar-refractivity contribution is 0.0333. The van der Waals surface area contributed by atoms with Gasteiger partial charge >= 0.3 is 0 Å².